The second-order valence-electron chi connectivity index (χ2n) is 3.10. The van der Waals surface area contributed by atoms with E-state index in [0.29, 0.717) is 6.42 Å². The van der Waals surface area contributed by atoms with Crippen molar-refractivity contribution in [2.75, 3.05) is 0 Å². The van der Waals surface area contributed by atoms with Crippen molar-refractivity contribution in [3.8, 4) is 0 Å². The Morgan fingerprint density at radius 2 is 1.50 bits per heavy atom. The average Bonchev–Trinajstić information content (AvgIpc) is 2.29. The van der Waals surface area contributed by atoms with Crippen molar-refractivity contribution in [2.24, 2.45) is 0 Å². The highest BCUT2D eigenvalue weighted by Gasteiger charge is 1.89. The lowest BCUT2D eigenvalue weighted by atomic mass is 10.1. The fourth-order valence-electron chi connectivity index (χ4n) is 1.07. The van der Waals surface area contributed by atoms with Crippen molar-refractivity contribution < 1.29 is 4.79 Å². The molecule has 0 saturated carbocycles. The molecule has 0 aliphatic carbocycles. The molecule has 0 aliphatic rings. The minimum atomic E-state index is 0.639. The maximum atomic E-state index is 9.17. The van der Waals surface area contributed by atoms with Crippen LogP contribution in [0.3, 0.4) is 0 Å². The SMILES string of the molecule is CCC=O.CCc1cccc(CC)c1. The Kier molecular flexibility index (Phi) is 7.81. The van der Waals surface area contributed by atoms with Crippen molar-refractivity contribution in [2.45, 2.75) is 40.0 Å². The molecule has 1 heteroatoms. The number of aldehydes is 1. The summed E-state index contributed by atoms with van der Waals surface area (Å²) < 4.78 is 0. The van der Waals surface area contributed by atoms with Gasteiger partial charge in [0.25, 0.3) is 0 Å². The third-order valence-electron chi connectivity index (χ3n) is 1.97. The van der Waals surface area contributed by atoms with Crippen LogP contribution < -0.4 is 0 Å². The van der Waals surface area contributed by atoms with Crippen molar-refractivity contribution in [3.05, 3.63) is 35.4 Å². The van der Waals surface area contributed by atoms with Gasteiger partial charge in [-0.05, 0) is 24.0 Å². The van der Waals surface area contributed by atoms with Crippen LogP contribution in [0.4, 0.5) is 0 Å². The summed E-state index contributed by atoms with van der Waals surface area (Å²) in [5.74, 6) is 0. The number of hydrogen-bond donors (Lipinski definition) is 0. The van der Waals surface area contributed by atoms with Gasteiger partial charge in [0.1, 0.15) is 6.29 Å². The Hall–Kier alpha value is -1.11. The normalized spacial score (nSPS) is 8.79. The van der Waals surface area contributed by atoms with Gasteiger partial charge in [0.15, 0.2) is 0 Å². The Balaban J connectivity index is 0.000000364. The lowest BCUT2D eigenvalue weighted by Gasteiger charge is -1.98. The summed E-state index contributed by atoms with van der Waals surface area (Å²) in [7, 11) is 0. The molecule has 0 saturated heterocycles. The van der Waals surface area contributed by atoms with Gasteiger partial charge in [-0.3, -0.25) is 0 Å². The first kappa shape index (κ1) is 12.9. The third-order valence-corrected chi connectivity index (χ3v) is 1.97. The molecule has 0 atom stereocenters. The van der Waals surface area contributed by atoms with Crippen LogP contribution in [0, 0.1) is 0 Å². The van der Waals surface area contributed by atoms with E-state index in [1.54, 1.807) is 0 Å². The molecule has 1 aromatic carbocycles. The minimum absolute atomic E-state index is 0.639. The maximum Gasteiger partial charge on any atom is 0.119 e. The van der Waals surface area contributed by atoms with E-state index in [1.165, 1.54) is 11.1 Å². The highest BCUT2D eigenvalue weighted by Crippen LogP contribution is 2.05. The molecule has 0 heterocycles. The summed E-state index contributed by atoms with van der Waals surface area (Å²) in [6, 6.07) is 8.77. The molecule has 0 amide bonds. The highest BCUT2D eigenvalue weighted by atomic mass is 16.1. The van der Waals surface area contributed by atoms with Gasteiger partial charge in [-0.15, -0.1) is 0 Å². The molecule has 0 bridgehead atoms. The minimum Gasteiger partial charge on any atom is -0.303 e. The zero-order valence-corrected chi connectivity index (χ0v) is 9.42. The molecular formula is C13H20O. The number of rotatable bonds is 3. The largest absolute Gasteiger partial charge is 0.303 e. The van der Waals surface area contributed by atoms with Gasteiger partial charge in [-0.25, -0.2) is 0 Å². The van der Waals surface area contributed by atoms with Crippen molar-refractivity contribution in [1.29, 1.82) is 0 Å². The molecule has 78 valence electrons. The van der Waals surface area contributed by atoms with Crippen LogP contribution in [-0.4, -0.2) is 6.29 Å². The van der Waals surface area contributed by atoms with E-state index in [-0.39, 0.29) is 0 Å². The quantitative estimate of drug-likeness (QED) is 0.671. The van der Waals surface area contributed by atoms with E-state index in [0.717, 1.165) is 19.1 Å². The van der Waals surface area contributed by atoms with E-state index in [2.05, 4.69) is 38.1 Å². The molecule has 1 rings (SSSR count). The van der Waals surface area contributed by atoms with E-state index >= 15 is 0 Å². The topological polar surface area (TPSA) is 17.1 Å². The number of carbonyl (C=O) groups is 1. The second-order valence-corrected chi connectivity index (χ2v) is 3.10. The first-order valence-corrected chi connectivity index (χ1v) is 5.29. The van der Waals surface area contributed by atoms with Crippen molar-refractivity contribution in [3.63, 3.8) is 0 Å². The van der Waals surface area contributed by atoms with Crippen LogP contribution in [0.1, 0.15) is 38.3 Å². The predicted molar refractivity (Wildman–Crippen MR) is 61.6 cm³/mol. The van der Waals surface area contributed by atoms with Crippen LogP contribution in [0.5, 0.6) is 0 Å². The standard InChI is InChI=1S/C10H14.C3H6O/c1-3-9-6-5-7-10(4-2)8-9;1-2-3-4/h5-8H,3-4H2,1-2H3;3H,2H2,1H3. The van der Waals surface area contributed by atoms with Gasteiger partial charge >= 0.3 is 0 Å². The second kappa shape index (κ2) is 8.49. The zero-order chi connectivity index (χ0) is 10.8. The molecule has 0 radical (unpaired) electrons. The van der Waals surface area contributed by atoms with Gasteiger partial charge in [-0.2, -0.15) is 0 Å². The first-order valence-electron chi connectivity index (χ1n) is 5.29. The third kappa shape index (κ3) is 5.52. The van der Waals surface area contributed by atoms with Gasteiger partial charge in [0.05, 0.1) is 0 Å². The molecule has 14 heavy (non-hydrogen) atoms. The van der Waals surface area contributed by atoms with Gasteiger partial charge < -0.3 is 4.79 Å². The number of aryl methyl sites for hydroxylation is 2. The highest BCUT2D eigenvalue weighted by molar-refractivity contribution is 5.48. The van der Waals surface area contributed by atoms with Crippen LogP contribution in [-0.2, 0) is 17.6 Å². The summed E-state index contributed by atoms with van der Waals surface area (Å²) in [5.41, 5.74) is 2.89. The lowest BCUT2D eigenvalue weighted by Crippen LogP contribution is -1.83. The molecule has 0 aliphatic heterocycles. The Labute approximate surface area is 87.2 Å². The van der Waals surface area contributed by atoms with E-state index < -0.39 is 0 Å². The summed E-state index contributed by atoms with van der Waals surface area (Å²) in [4.78, 5) is 9.17. The van der Waals surface area contributed by atoms with E-state index in [9.17, 15) is 4.79 Å². The van der Waals surface area contributed by atoms with Gasteiger partial charge in [0, 0.05) is 6.42 Å². The van der Waals surface area contributed by atoms with Crippen molar-refractivity contribution >= 4 is 6.29 Å². The van der Waals surface area contributed by atoms with Gasteiger partial charge in [-0.1, -0.05) is 45.0 Å². The summed E-state index contributed by atoms with van der Waals surface area (Å²) in [6.07, 6.45) is 3.81. The Morgan fingerprint density at radius 3 is 1.79 bits per heavy atom. The Morgan fingerprint density at radius 1 is 1.07 bits per heavy atom. The van der Waals surface area contributed by atoms with E-state index in [1.807, 2.05) is 6.92 Å². The zero-order valence-electron chi connectivity index (χ0n) is 9.42. The number of carbonyl (C=O) groups excluding carboxylic acids is 1. The molecule has 0 aromatic heterocycles. The number of hydrogen-bond acceptors (Lipinski definition) is 1. The van der Waals surface area contributed by atoms with Gasteiger partial charge in [0.2, 0.25) is 0 Å². The Bertz CT molecular complexity index is 234. The van der Waals surface area contributed by atoms with Crippen LogP contribution >= 0.6 is 0 Å². The predicted octanol–water partition coefficient (Wildman–Crippen LogP) is 3.41. The summed E-state index contributed by atoms with van der Waals surface area (Å²) in [5, 5.41) is 0. The molecule has 0 unspecified atom stereocenters. The maximum absolute atomic E-state index is 9.17. The summed E-state index contributed by atoms with van der Waals surface area (Å²) in [6.45, 7) is 6.19. The fourth-order valence-corrected chi connectivity index (χ4v) is 1.07. The molecule has 1 nitrogen and oxygen atoms in total. The number of benzene rings is 1. The van der Waals surface area contributed by atoms with Crippen LogP contribution in [0.2, 0.25) is 0 Å². The molecule has 0 fully saturated rings. The smallest absolute Gasteiger partial charge is 0.119 e. The van der Waals surface area contributed by atoms with Crippen LogP contribution in [0.15, 0.2) is 24.3 Å². The molecular weight excluding hydrogens is 172 g/mol. The first-order chi connectivity index (χ1) is 6.78. The van der Waals surface area contributed by atoms with Crippen molar-refractivity contribution in [1.82, 2.24) is 0 Å². The molecule has 0 spiro atoms. The monoisotopic (exact) mass is 192 g/mol. The fraction of sp³-hybridized carbons (Fsp3) is 0.462. The average molecular weight is 192 g/mol. The molecule has 0 N–H and O–H groups in total. The molecule has 1 aromatic rings. The van der Waals surface area contributed by atoms with E-state index in [4.69, 9.17) is 0 Å². The van der Waals surface area contributed by atoms with Crippen LogP contribution in [0.25, 0.3) is 0 Å². The summed E-state index contributed by atoms with van der Waals surface area (Å²) >= 11 is 0. The lowest BCUT2D eigenvalue weighted by molar-refractivity contribution is -0.107.